The van der Waals surface area contributed by atoms with Crippen LogP contribution in [0.2, 0.25) is 0 Å². The quantitative estimate of drug-likeness (QED) is 0.0171. The van der Waals surface area contributed by atoms with Crippen LogP contribution in [0.4, 0.5) is 0 Å². The van der Waals surface area contributed by atoms with Crippen molar-refractivity contribution in [1.29, 1.82) is 0 Å². The van der Waals surface area contributed by atoms with Crippen molar-refractivity contribution in [2.45, 2.75) is 147 Å². The highest BCUT2D eigenvalue weighted by atomic mass is 16.4. The van der Waals surface area contributed by atoms with E-state index in [0.717, 1.165) is 5.56 Å². The number of nitrogens with two attached hydrogens (primary N) is 5. The normalized spacial score (nSPS) is 14.6. The van der Waals surface area contributed by atoms with Gasteiger partial charge < -0.3 is 96.9 Å². The van der Waals surface area contributed by atoms with Crippen molar-refractivity contribution in [2.75, 3.05) is 32.8 Å². The van der Waals surface area contributed by atoms with Crippen molar-refractivity contribution in [3.63, 3.8) is 0 Å². The molecule has 0 fully saturated rings. The van der Waals surface area contributed by atoms with Crippen LogP contribution in [0.3, 0.4) is 0 Å². The van der Waals surface area contributed by atoms with Gasteiger partial charge in [-0.1, -0.05) is 90.4 Å². The second kappa shape index (κ2) is 37.5. The molecule has 30 nitrogen and oxygen atoms in total. The molecule has 10 atom stereocenters. The molecule has 0 aromatic heterocycles. The minimum absolute atomic E-state index is 0.0205. The van der Waals surface area contributed by atoms with Crippen LogP contribution in [0, 0.1) is 17.8 Å². The number of carbonyl (C=O) groups excluding carboxylic acids is 9. The second-order valence-corrected chi connectivity index (χ2v) is 21.1. The van der Waals surface area contributed by atoms with Crippen LogP contribution in [0.1, 0.15) is 91.2 Å². The van der Waals surface area contributed by atoms with Gasteiger partial charge in [-0.3, -0.25) is 53.1 Å². The number of carboxylic acid groups (broad SMARTS) is 1. The summed E-state index contributed by atoms with van der Waals surface area (Å²) in [6.07, 6.45) is 0.502. The van der Waals surface area contributed by atoms with E-state index in [2.05, 4.69) is 57.8 Å². The van der Waals surface area contributed by atoms with E-state index in [1.54, 1.807) is 65.8 Å². The molecule has 0 radical (unpaired) electrons. The molecule has 2 aromatic rings. The number of amides is 9. The lowest BCUT2D eigenvalue weighted by Gasteiger charge is -2.29. The first-order valence-electron chi connectivity index (χ1n) is 27.9. The summed E-state index contributed by atoms with van der Waals surface area (Å²) in [5.41, 5.74) is 29.1. The number of phenolic OH excluding ortho intramolecular Hbond substituents is 1. The first-order valence-corrected chi connectivity index (χ1v) is 27.9. The Kier molecular flexibility index (Phi) is 32.0. The monoisotopic (exact) mass is 1200 g/mol. The number of nitrogens with one attached hydrogen (secondary N) is 9. The van der Waals surface area contributed by atoms with Crippen LogP contribution in [0.15, 0.2) is 64.6 Å². The van der Waals surface area contributed by atoms with E-state index >= 15 is 0 Å². The number of aliphatic hydroxyl groups excluding tert-OH is 2. The third kappa shape index (κ3) is 27.1. The molecule has 472 valence electrons. The Morgan fingerprint density at radius 3 is 1.45 bits per heavy atom. The Labute approximate surface area is 493 Å². The Hall–Kier alpha value is -8.64. The lowest BCUT2D eigenvalue weighted by molar-refractivity contribution is -0.142. The van der Waals surface area contributed by atoms with Gasteiger partial charge in [0.2, 0.25) is 53.2 Å². The van der Waals surface area contributed by atoms with Gasteiger partial charge in [0.25, 0.3) is 0 Å². The van der Waals surface area contributed by atoms with Gasteiger partial charge >= 0.3 is 5.97 Å². The summed E-state index contributed by atoms with van der Waals surface area (Å²) in [5, 5.41) is 62.6. The van der Waals surface area contributed by atoms with Crippen LogP contribution >= 0.6 is 0 Å². The van der Waals surface area contributed by atoms with E-state index in [1.807, 2.05) is 6.07 Å². The maximum atomic E-state index is 14.1. The number of aliphatic imine (C=N–C) groups is 2. The van der Waals surface area contributed by atoms with Crippen LogP contribution in [-0.4, -0.2) is 179 Å². The fraction of sp³-hybridized carbons (Fsp3) is 0.564. The third-order valence-electron chi connectivity index (χ3n) is 13.2. The first kappa shape index (κ1) is 72.5. The maximum Gasteiger partial charge on any atom is 0.326 e. The molecule has 30 heteroatoms. The number of hydrogen-bond donors (Lipinski definition) is 18. The lowest BCUT2D eigenvalue weighted by Crippen LogP contribution is -2.62. The molecule has 2 aromatic carbocycles. The fourth-order valence-corrected chi connectivity index (χ4v) is 8.29. The standard InChI is InChI=1S/C55H88N16O14/c1-7-31(6)44(52(83)65-37(16-12-22-62-55(59)60)47(78)67-39(53(84)85)25-33-17-19-34(74)20-18-33)71-50(81)41(28-73)68-49(80)40(27-72)69-51(82)43(30(4)5)70-48(79)38(23-29(2)3)66-46(77)36(15-11-21-61-54(57)58)64-42(75)26-63-45(76)35(56)24-32-13-9-8-10-14-32/h8-10,13-14,17-20,29-31,35-41,43-44,72-74H,7,11-12,15-16,21-28,56H2,1-6H3,(H,63,76)(H,64,75)(H,65,83)(H,66,77)(H,67,78)(H,68,80)(H,69,82)(H,70,79)(H,71,81)(H,84,85)(H4,57,58,61)(H4,59,60,62)/t31-,35-,36-,37-,38-,39-,40-,41-,43-,44-/m0/s1. The predicted molar refractivity (Wildman–Crippen MR) is 314 cm³/mol. The van der Waals surface area contributed by atoms with E-state index in [9.17, 15) is 68.4 Å². The number of rotatable bonds is 38. The van der Waals surface area contributed by atoms with Crippen molar-refractivity contribution in [1.82, 2.24) is 47.9 Å². The van der Waals surface area contributed by atoms with Crippen LogP contribution < -0.4 is 76.5 Å². The highest BCUT2D eigenvalue weighted by Crippen LogP contribution is 2.15. The summed E-state index contributed by atoms with van der Waals surface area (Å²) in [7, 11) is 0. The molecular formula is C55H88N16O14. The average molecular weight is 1200 g/mol. The van der Waals surface area contributed by atoms with Gasteiger partial charge in [-0.15, -0.1) is 0 Å². The van der Waals surface area contributed by atoms with Gasteiger partial charge in [0.05, 0.1) is 25.8 Å². The zero-order valence-corrected chi connectivity index (χ0v) is 49.0. The maximum absolute atomic E-state index is 14.1. The van der Waals surface area contributed by atoms with Crippen molar-refractivity contribution < 1.29 is 68.4 Å². The van der Waals surface area contributed by atoms with Crippen molar-refractivity contribution in [2.24, 2.45) is 56.4 Å². The van der Waals surface area contributed by atoms with Gasteiger partial charge in [-0.2, -0.15) is 0 Å². The average Bonchev–Trinajstić information content (AvgIpc) is 3.66. The zero-order valence-electron chi connectivity index (χ0n) is 49.0. The van der Waals surface area contributed by atoms with Gasteiger partial charge in [-0.25, -0.2) is 4.79 Å². The molecule has 0 aliphatic heterocycles. The molecule has 0 heterocycles. The number of hydrogen-bond acceptors (Lipinski definition) is 16. The number of carbonyl (C=O) groups is 10. The van der Waals surface area contributed by atoms with Crippen molar-refractivity contribution in [3.05, 3.63) is 65.7 Å². The SMILES string of the molecule is CC[C@H](C)[C@H](NC(=O)[C@H](CO)NC(=O)[C@H](CO)NC(=O)[C@@H](NC(=O)[C@H](CC(C)C)NC(=O)[C@H](CCCN=C(N)N)NC(=O)CNC(=O)[C@@H](N)Cc1ccccc1)C(C)C)C(=O)N[C@@H](CCCN=C(N)N)C(=O)N[C@@H](Cc1ccc(O)cc1)C(=O)O. The van der Waals surface area contributed by atoms with E-state index in [0.29, 0.717) is 5.56 Å². The van der Waals surface area contributed by atoms with E-state index < -0.39 is 145 Å². The van der Waals surface area contributed by atoms with Crippen molar-refractivity contribution >= 4 is 71.1 Å². The number of benzene rings is 2. The molecule has 0 saturated carbocycles. The third-order valence-corrected chi connectivity index (χ3v) is 13.2. The van der Waals surface area contributed by atoms with Crippen LogP contribution in [0.25, 0.3) is 0 Å². The topological polar surface area (TPSA) is 515 Å². The fourth-order valence-electron chi connectivity index (χ4n) is 8.29. The highest BCUT2D eigenvalue weighted by molar-refractivity contribution is 5.98. The Balaban J connectivity index is 2.25. The Bertz CT molecular complexity index is 2580. The van der Waals surface area contributed by atoms with Gasteiger partial charge in [0, 0.05) is 19.5 Å². The molecule has 9 amide bonds. The molecule has 0 aliphatic carbocycles. The number of guanidine groups is 2. The summed E-state index contributed by atoms with van der Waals surface area (Å²) in [4.78, 5) is 143. The molecule has 2 rings (SSSR count). The molecule has 23 N–H and O–H groups in total. The first-order chi connectivity index (χ1) is 40.1. The summed E-state index contributed by atoms with van der Waals surface area (Å²) in [6.45, 7) is 7.40. The van der Waals surface area contributed by atoms with Gasteiger partial charge in [0.15, 0.2) is 11.9 Å². The lowest BCUT2D eigenvalue weighted by atomic mass is 9.97. The highest BCUT2D eigenvalue weighted by Gasteiger charge is 2.37. The van der Waals surface area contributed by atoms with E-state index in [-0.39, 0.29) is 88.0 Å². The molecular weight excluding hydrogens is 1110 g/mol. The number of carboxylic acids is 1. The largest absolute Gasteiger partial charge is 0.508 e. The predicted octanol–water partition coefficient (Wildman–Crippen LogP) is -4.58. The number of phenols is 1. The summed E-state index contributed by atoms with van der Waals surface area (Å²) < 4.78 is 0. The van der Waals surface area contributed by atoms with Crippen LogP contribution in [0.5, 0.6) is 5.75 Å². The zero-order chi connectivity index (χ0) is 63.9. The number of nitrogens with zero attached hydrogens (tertiary/aromatic N) is 2. The minimum Gasteiger partial charge on any atom is -0.508 e. The van der Waals surface area contributed by atoms with Gasteiger partial charge in [0.1, 0.15) is 54.1 Å². The summed E-state index contributed by atoms with van der Waals surface area (Å²) in [6, 6.07) is 1.75. The summed E-state index contributed by atoms with van der Waals surface area (Å²) in [5.74, 6) is -11.5. The smallest absolute Gasteiger partial charge is 0.326 e. The van der Waals surface area contributed by atoms with Crippen molar-refractivity contribution in [3.8, 4) is 5.75 Å². The van der Waals surface area contributed by atoms with E-state index in [4.69, 9.17) is 28.7 Å². The Morgan fingerprint density at radius 2 is 0.953 bits per heavy atom. The number of aromatic hydroxyl groups is 1. The van der Waals surface area contributed by atoms with E-state index in [1.165, 1.54) is 24.3 Å². The molecule has 0 saturated heterocycles. The second-order valence-electron chi connectivity index (χ2n) is 21.1. The van der Waals surface area contributed by atoms with Gasteiger partial charge in [-0.05, 0) is 79.5 Å². The molecule has 0 bridgehead atoms. The summed E-state index contributed by atoms with van der Waals surface area (Å²) >= 11 is 0. The molecule has 0 aliphatic rings. The Morgan fingerprint density at radius 1 is 0.518 bits per heavy atom. The minimum atomic E-state index is -1.80. The molecule has 85 heavy (non-hydrogen) atoms. The molecule has 0 spiro atoms. The number of aliphatic hydroxyl groups is 2. The van der Waals surface area contributed by atoms with Crippen LogP contribution in [-0.2, 0) is 60.8 Å². The number of aliphatic carboxylic acids is 1. The molecule has 0 unspecified atom stereocenters.